The van der Waals surface area contributed by atoms with Crippen molar-refractivity contribution < 1.29 is 8.42 Å². The van der Waals surface area contributed by atoms with Crippen molar-refractivity contribution in [3.8, 4) is 0 Å². The molecule has 0 aliphatic heterocycles. The Bertz CT molecular complexity index is 270. The van der Waals surface area contributed by atoms with Gasteiger partial charge in [-0.1, -0.05) is 20.3 Å². The van der Waals surface area contributed by atoms with Crippen LogP contribution in [0.5, 0.6) is 0 Å². The zero-order valence-electron chi connectivity index (χ0n) is 10.6. The van der Waals surface area contributed by atoms with Crippen molar-refractivity contribution in [1.29, 1.82) is 0 Å². The molecular weight excluding hydrogens is 210 g/mol. The minimum atomic E-state index is -2.98. The quantitative estimate of drug-likeness (QED) is 0.732. The molecule has 1 atom stereocenters. The molecule has 0 bridgehead atoms. The topological polar surface area (TPSA) is 46.2 Å². The Morgan fingerprint density at radius 3 is 2.27 bits per heavy atom. The lowest BCUT2D eigenvalue weighted by molar-refractivity contribution is 0.451. The summed E-state index contributed by atoms with van der Waals surface area (Å²) in [6.45, 7) is 9.30. The van der Waals surface area contributed by atoms with Gasteiger partial charge in [0.2, 0.25) is 0 Å². The normalized spacial score (nSPS) is 15.3. The number of sulfone groups is 1. The van der Waals surface area contributed by atoms with Crippen LogP contribution in [0.1, 0.15) is 40.5 Å². The van der Waals surface area contributed by atoms with Gasteiger partial charge in [-0.15, -0.1) is 0 Å². The molecule has 0 aliphatic carbocycles. The Morgan fingerprint density at radius 1 is 1.33 bits per heavy atom. The van der Waals surface area contributed by atoms with Gasteiger partial charge >= 0.3 is 0 Å². The average molecular weight is 235 g/mol. The molecular formula is C11H25NO2S. The van der Waals surface area contributed by atoms with E-state index in [1.54, 1.807) is 13.8 Å². The summed E-state index contributed by atoms with van der Waals surface area (Å²) < 4.78 is 22.2. The minimum Gasteiger partial charge on any atom is -0.315 e. The van der Waals surface area contributed by atoms with Crippen molar-refractivity contribution in [3.05, 3.63) is 0 Å². The number of hydrogen-bond donors (Lipinski definition) is 1. The molecule has 0 saturated carbocycles. The molecule has 0 aromatic rings. The highest BCUT2D eigenvalue weighted by Crippen LogP contribution is 2.13. The van der Waals surface area contributed by atoms with E-state index >= 15 is 0 Å². The summed E-state index contributed by atoms with van der Waals surface area (Å²) in [7, 11) is -2.98. The van der Waals surface area contributed by atoms with Gasteiger partial charge in [-0.2, -0.15) is 0 Å². The lowest BCUT2D eigenvalue weighted by Crippen LogP contribution is -2.42. The molecule has 0 spiro atoms. The fourth-order valence-electron chi connectivity index (χ4n) is 1.35. The zero-order chi connectivity index (χ0) is 12.1. The fraction of sp³-hybridized carbons (Fsp3) is 1.00. The van der Waals surface area contributed by atoms with Gasteiger partial charge < -0.3 is 5.32 Å². The number of nitrogens with one attached hydrogen (secondary N) is 1. The molecule has 0 saturated heterocycles. The van der Waals surface area contributed by atoms with E-state index in [0.717, 1.165) is 6.54 Å². The van der Waals surface area contributed by atoms with E-state index in [9.17, 15) is 8.42 Å². The van der Waals surface area contributed by atoms with Gasteiger partial charge in [-0.05, 0) is 32.7 Å². The Hall–Kier alpha value is -0.0900. The lowest BCUT2D eigenvalue weighted by atomic mass is 10.1. The van der Waals surface area contributed by atoms with E-state index < -0.39 is 14.6 Å². The van der Waals surface area contributed by atoms with Crippen LogP contribution in [0.2, 0.25) is 0 Å². The smallest absolute Gasteiger partial charge is 0.153 e. The molecule has 15 heavy (non-hydrogen) atoms. The molecule has 0 amide bonds. The SMILES string of the molecule is CCCC(C)CNCC(C)(C)S(C)(=O)=O. The number of hydrogen-bond acceptors (Lipinski definition) is 3. The summed E-state index contributed by atoms with van der Waals surface area (Å²) in [4.78, 5) is 0. The molecule has 1 N–H and O–H groups in total. The molecule has 0 aliphatic rings. The van der Waals surface area contributed by atoms with E-state index in [2.05, 4.69) is 19.2 Å². The first-order valence-electron chi connectivity index (χ1n) is 5.61. The van der Waals surface area contributed by atoms with Crippen LogP contribution < -0.4 is 5.32 Å². The third-order valence-corrected chi connectivity index (χ3v) is 4.98. The largest absolute Gasteiger partial charge is 0.315 e. The molecule has 0 aromatic heterocycles. The highest BCUT2D eigenvalue weighted by atomic mass is 32.2. The van der Waals surface area contributed by atoms with Crippen LogP contribution in [0.3, 0.4) is 0 Å². The van der Waals surface area contributed by atoms with E-state index in [0.29, 0.717) is 12.5 Å². The van der Waals surface area contributed by atoms with E-state index in [1.165, 1.54) is 19.1 Å². The summed E-state index contributed by atoms with van der Waals surface area (Å²) in [6, 6.07) is 0. The highest BCUT2D eigenvalue weighted by molar-refractivity contribution is 7.92. The van der Waals surface area contributed by atoms with Gasteiger partial charge in [0, 0.05) is 12.8 Å². The van der Waals surface area contributed by atoms with Gasteiger partial charge in [-0.25, -0.2) is 8.42 Å². The zero-order valence-corrected chi connectivity index (χ0v) is 11.4. The van der Waals surface area contributed by atoms with Crippen molar-refractivity contribution in [2.24, 2.45) is 5.92 Å². The molecule has 4 heteroatoms. The monoisotopic (exact) mass is 235 g/mol. The van der Waals surface area contributed by atoms with Crippen molar-refractivity contribution >= 4 is 9.84 Å². The molecule has 0 heterocycles. The van der Waals surface area contributed by atoms with Gasteiger partial charge in [-0.3, -0.25) is 0 Å². The van der Waals surface area contributed by atoms with Crippen LogP contribution in [0.15, 0.2) is 0 Å². The maximum Gasteiger partial charge on any atom is 0.153 e. The van der Waals surface area contributed by atoms with Crippen LogP contribution in [0, 0.1) is 5.92 Å². The van der Waals surface area contributed by atoms with Crippen LogP contribution in [-0.2, 0) is 9.84 Å². The maximum atomic E-state index is 11.4. The van der Waals surface area contributed by atoms with Crippen molar-refractivity contribution in [1.82, 2.24) is 5.32 Å². The minimum absolute atomic E-state index is 0.528. The Kier molecular flexibility index (Phi) is 5.81. The second kappa shape index (κ2) is 5.85. The van der Waals surface area contributed by atoms with Gasteiger partial charge in [0.25, 0.3) is 0 Å². The fourth-order valence-corrected chi connectivity index (χ4v) is 1.71. The van der Waals surface area contributed by atoms with Crippen LogP contribution in [0.4, 0.5) is 0 Å². The van der Waals surface area contributed by atoms with Crippen molar-refractivity contribution in [2.75, 3.05) is 19.3 Å². The second-order valence-electron chi connectivity index (χ2n) is 5.06. The summed E-state index contributed by atoms with van der Waals surface area (Å²) in [5.41, 5.74) is 0. The third-order valence-electron chi connectivity index (χ3n) is 2.83. The summed E-state index contributed by atoms with van der Waals surface area (Å²) in [6.07, 6.45) is 3.66. The number of rotatable bonds is 7. The van der Waals surface area contributed by atoms with Crippen LogP contribution in [0.25, 0.3) is 0 Å². The molecule has 3 nitrogen and oxygen atoms in total. The molecule has 0 aromatic carbocycles. The molecule has 1 unspecified atom stereocenters. The van der Waals surface area contributed by atoms with Crippen LogP contribution >= 0.6 is 0 Å². The van der Waals surface area contributed by atoms with E-state index in [1.807, 2.05) is 0 Å². The second-order valence-corrected chi connectivity index (χ2v) is 7.71. The first-order chi connectivity index (χ1) is 6.70. The molecule has 0 radical (unpaired) electrons. The predicted octanol–water partition coefficient (Wildman–Crippen LogP) is 1.84. The van der Waals surface area contributed by atoms with E-state index in [4.69, 9.17) is 0 Å². The Morgan fingerprint density at radius 2 is 1.87 bits per heavy atom. The average Bonchev–Trinajstić information content (AvgIpc) is 2.01. The summed E-state index contributed by atoms with van der Waals surface area (Å²) in [5, 5.41) is 3.24. The predicted molar refractivity (Wildman–Crippen MR) is 65.9 cm³/mol. The Balaban J connectivity index is 3.96. The van der Waals surface area contributed by atoms with Gasteiger partial charge in [0.15, 0.2) is 9.84 Å². The van der Waals surface area contributed by atoms with Gasteiger partial charge in [0.05, 0.1) is 4.75 Å². The standard InChI is InChI=1S/C11H25NO2S/c1-6-7-10(2)8-12-9-11(3,4)15(5,13)14/h10,12H,6-9H2,1-5H3. The molecule has 92 valence electrons. The van der Waals surface area contributed by atoms with Crippen LogP contribution in [-0.4, -0.2) is 32.5 Å². The first-order valence-corrected chi connectivity index (χ1v) is 7.50. The lowest BCUT2D eigenvalue weighted by Gasteiger charge is -2.23. The first kappa shape index (κ1) is 14.9. The molecule has 0 fully saturated rings. The molecule has 0 rings (SSSR count). The summed E-state index contributed by atoms with van der Waals surface area (Å²) in [5.74, 6) is 0.616. The highest BCUT2D eigenvalue weighted by Gasteiger charge is 2.29. The maximum absolute atomic E-state index is 11.4. The van der Waals surface area contributed by atoms with Crippen molar-refractivity contribution in [2.45, 2.75) is 45.3 Å². The third kappa shape index (κ3) is 5.52. The summed E-state index contributed by atoms with van der Waals surface area (Å²) >= 11 is 0. The Labute approximate surface area is 94.6 Å². The van der Waals surface area contributed by atoms with Gasteiger partial charge in [0.1, 0.15) is 0 Å². The van der Waals surface area contributed by atoms with E-state index in [-0.39, 0.29) is 0 Å². The van der Waals surface area contributed by atoms with Crippen molar-refractivity contribution in [3.63, 3.8) is 0 Å².